The first-order valence-electron chi connectivity index (χ1n) is 4.19. The van der Waals surface area contributed by atoms with Crippen molar-refractivity contribution in [3.63, 3.8) is 0 Å². The van der Waals surface area contributed by atoms with Gasteiger partial charge in [0.1, 0.15) is 5.56 Å². The van der Waals surface area contributed by atoms with Crippen LogP contribution in [0.25, 0.3) is 0 Å². The van der Waals surface area contributed by atoms with Gasteiger partial charge in [0.05, 0.1) is 4.92 Å². The fraction of sp³-hybridized carbons (Fsp3) is 0.200. The van der Waals surface area contributed by atoms with Gasteiger partial charge < -0.3 is 0 Å². The SMILES string of the molecule is O=[N+]([O-])c1cc(Br)ccc1C#CCCS. The summed E-state index contributed by atoms with van der Waals surface area (Å²) in [6.45, 7) is 0. The largest absolute Gasteiger partial charge is 0.286 e. The fourth-order valence-electron chi connectivity index (χ4n) is 0.975. The highest BCUT2D eigenvalue weighted by Crippen LogP contribution is 2.22. The van der Waals surface area contributed by atoms with Gasteiger partial charge in [-0.15, -0.1) is 0 Å². The molecule has 0 radical (unpaired) electrons. The van der Waals surface area contributed by atoms with Gasteiger partial charge in [-0.1, -0.05) is 27.8 Å². The quantitative estimate of drug-likeness (QED) is 0.393. The van der Waals surface area contributed by atoms with Crippen LogP contribution in [0.1, 0.15) is 12.0 Å². The van der Waals surface area contributed by atoms with Gasteiger partial charge in [0.25, 0.3) is 5.69 Å². The van der Waals surface area contributed by atoms with Crippen molar-refractivity contribution in [2.24, 2.45) is 0 Å². The van der Waals surface area contributed by atoms with E-state index in [0.717, 1.165) is 0 Å². The molecule has 1 rings (SSSR count). The molecule has 0 aliphatic carbocycles. The Morgan fingerprint density at radius 3 is 2.87 bits per heavy atom. The molecule has 0 aromatic heterocycles. The molecule has 15 heavy (non-hydrogen) atoms. The van der Waals surface area contributed by atoms with E-state index in [1.165, 1.54) is 6.07 Å². The van der Waals surface area contributed by atoms with Gasteiger partial charge in [-0.2, -0.15) is 12.6 Å². The predicted molar refractivity (Wildman–Crippen MR) is 66.1 cm³/mol. The van der Waals surface area contributed by atoms with Crippen LogP contribution in [0.15, 0.2) is 22.7 Å². The Morgan fingerprint density at radius 1 is 1.53 bits per heavy atom. The minimum Gasteiger partial charge on any atom is -0.258 e. The number of hydrogen-bond donors (Lipinski definition) is 1. The molecule has 0 aliphatic heterocycles. The molecule has 0 saturated heterocycles. The van der Waals surface area contributed by atoms with E-state index in [4.69, 9.17) is 0 Å². The molecule has 1 aromatic carbocycles. The maximum absolute atomic E-state index is 10.7. The predicted octanol–water partition coefficient (Wildman–Crippen LogP) is 3.03. The summed E-state index contributed by atoms with van der Waals surface area (Å²) in [5.74, 6) is 6.23. The van der Waals surface area contributed by atoms with Gasteiger partial charge in [0, 0.05) is 22.7 Å². The minimum absolute atomic E-state index is 0.0241. The van der Waals surface area contributed by atoms with E-state index in [1.54, 1.807) is 12.1 Å². The molecule has 3 nitrogen and oxygen atoms in total. The molecule has 0 amide bonds. The van der Waals surface area contributed by atoms with Gasteiger partial charge in [0.2, 0.25) is 0 Å². The number of nitro groups is 1. The summed E-state index contributed by atoms with van der Waals surface area (Å²) in [5.41, 5.74) is 0.459. The van der Waals surface area contributed by atoms with Crippen LogP contribution in [0.4, 0.5) is 5.69 Å². The van der Waals surface area contributed by atoms with E-state index in [0.29, 0.717) is 22.2 Å². The fourth-order valence-corrected chi connectivity index (χ4v) is 1.44. The Bertz CT molecular complexity index is 437. The van der Waals surface area contributed by atoms with E-state index in [2.05, 4.69) is 40.4 Å². The average molecular weight is 286 g/mol. The molecule has 0 atom stereocenters. The monoisotopic (exact) mass is 285 g/mol. The zero-order valence-electron chi connectivity index (χ0n) is 7.74. The molecule has 0 heterocycles. The van der Waals surface area contributed by atoms with Gasteiger partial charge in [-0.3, -0.25) is 10.1 Å². The molecule has 0 bridgehead atoms. The first kappa shape index (κ1) is 12.1. The molecule has 0 spiro atoms. The molecule has 78 valence electrons. The van der Waals surface area contributed by atoms with Crippen LogP contribution in [-0.2, 0) is 0 Å². The van der Waals surface area contributed by atoms with Crippen LogP contribution in [0, 0.1) is 22.0 Å². The van der Waals surface area contributed by atoms with Gasteiger partial charge in [-0.05, 0) is 12.1 Å². The molecule has 0 fully saturated rings. The number of benzene rings is 1. The van der Waals surface area contributed by atoms with Crippen LogP contribution in [-0.4, -0.2) is 10.7 Å². The van der Waals surface area contributed by atoms with E-state index in [-0.39, 0.29) is 5.69 Å². The second-order valence-corrected chi connectivity index (χ2v) is 4.06. The third-order valence-electron chi connectivity index (χ3n) is 1.62. The van der Waals surface area contributed by atoms with Gasteiger partial charge in [0.15, 0.2) is 0 Å². The molecule has 0 saturated carbocycles. The highest BCUT2D eigenvalue weighted by molar-refractivity contribution is 9.10. The normalized spacial score (nSPS) is 9.20. The summed E-state index contributed by atoms with van der Waals surface area (Å²) in [4.78, 5) is 10.3. The zero-order valence-corrected chi connectivity index (χ0v) is 10.2. The van der Waals surface area contributed by atoms with Crippen LogP contribution < -0.4 is 0 Å². The third-order valence-corrected chi connectivity index (χ3v) is 2.33. The highest BCUT2D eigenvalue weighted by Gasteiger charge is 2.11. The molecular weight excluding hydrogens is 278 g/mol. The Kier molecular flexibility index (Phi) is 4.66. The Morgan fingerprint density at radius 2 is 2.27 bits per heavy atom. The van der Waals surface area contributed by atoms with E-state index >= 15 is 0 Å². The van der Waals surface area contributed by atoms with Crippen molar-refractivity contribution in [2.45, 2.75) is 6.42 Å². The van der Waals surface area contributed by atoms with Crippen molar-refractivity contribution < 1.29 is 4.92 Å². The smallest absolute Gasteiger partial charge is 0.258 e. The van der Waals surface area contributed by atoms with Crippen LogP contribution in [0.2, 0.25) is 0 Å². The molecule has 0 N–H and O–H groups in total. The summed E-state index contributed by atoms with van der Waals surface area (Å²) >= 11 is 7.19. The van der Waals surface area contributed by atoms with Crippen molar-refractivity contribution in [3.8, 4) is 11.8 Å². The van der Waals surface area contributed by atoms with E-state index in [1.807, 2.05) is 0 Å². The molecule has 0 unspecified atom stereocenters. The van der Waals surface area contributed by atoms with Crippen molar-refractivity contribution >= 4 is 34.2 Å². The molecule has 5 heteroatoms. The van der Waals surface area contributed by atoms with E-state index < -0.39 is 4.92 Å². The zero-order chi connectivity index (χ0) is 11.3. The summed E-state index contributed by atoms with van der Waals surface area (Å²) < 4.78 is 0.675. The number of rotatable bonds is 2. The Hall–Kier alpha value is -0.990. The average Bonchev–Trinajstić information content (AvgIpc) is 2.20. The van der Waals surface area contributed by atoms with Gasteiger partial charge in [-0.25, -0.2) is 0 Å². The number of thiol groups is 1. The summed E-state index contributed by atoms with van der Waals surface area (Å²) in [6.07, 6.45) is 0.621. The first-order chi connectivity index (χ1) is 7.15. The van der Waals surface area contributed by atoms with Crippen molar-refractivity contribution in [1.82, 2.24) is 0 Å². The minimum atomic E-state index is -0.435. The van der Waals surface area contributed by atoms with Crippen molar-refractivity contribution in [3.05, 3.63) is 38.3 Å². The second-order valence-electron chi connectivity index (χ2n) is 2.69. The summed E-state index contributed by atoms with van der Waals surface area (Å²) in [7, 11) is 0. The van der Waals surface area contributed by atoms with Crippen molar-refractivity contribution in [1.29, 1.82) is 0 Å². The molecule has 0 aliphatic rings. The number of nitrogens with zero attached hydrogens (tertiary/aromatic N) is 1. The second kappa shape index (κ2) is 5.79. The van der Waals surface area contributed by atoms with Crippen LogP contribution in [0.5, 0.6) is 0 Å². The maximum atomic E-state index is 10.7. The third kappa shape index (κ3) is 3.57. The summed E-state index contributed by atoms with van der Waals surface area (Å²) in [6, 6.07) is 4.82. The van der Waals surface area contributed by atoms with Crippen LogP contribution in [0.3, 0.4) is 0 Å². The lowest BCUT2D eigenvalue weighted by Gasteiger charge is -1.95. The number of nitro benzene ring substituents is 1. The Balaban J connectivity index is 3.08. The van der Waals surface area contributed by atoms with Gasteiger partial charge >= 0.3 is 0 Å². The topological polar surface area (TPSA) is 43.1 Å². The highest BCUT2D eigenvalue weighted by atomic mass is 79.9. The lowest BCUT2D eigenvalue weighted by molar-refractivity contribution is -0.385. The first-order valence-corrected chi connectivity index (χ1v) is 5.61. The van der Waals surface area contributed by atoms with Crippen molar-refractivity contribution in [2.75, 3.05) is 5.75 Å². The number of hydrogen-bond acceptors (Lipinski definition) is 3. The molecule has 1 aromatic rings. The number of halogens is 1. The van der Waals surface area contributed by atoms with Crippen LogP contribution >= 0.6 is 28.6 Å². The lowest BCUT2D eigenvalue weighted by atomic mass is 10.2. The standard InChI is InChI=1S/C10H8BrNO2S/c11-9-5-4-8(3-1-2-6-15)10(7-9)12(13)14/h4-5,7,15H,2,6H2. The molecular formula is C10H8BrNO2S. The lowest BCUT2D eigenvalue weighted by Crippen LogP contribution is -1.91. The van der Waals surface area contributed by atoms with E-state index in [9.17, 15) is 10.1 Å². The summed E-state index contributed by atoms with van der Waals surface area (Å²) in [5, 5.41) is 10.7. The Labute approximate surface area is 102 Å². The maximum Gasteiger partial charge on any atom is 0.286 e.